The number of carbonyl (C=O) groups is 1. The van der Waals surface area contributed by atoms with E-state index in [1.807, 2.05) is 0 Å². The highest BCUT2D eigenvalue weighted by atomic mass is 16.1. The van der Waals surface area contributed by atoms with Crippen LogP contribution in [0.4, 0.5) is 0 Å². The zero-order valence-corrected chi connectivity index (χ0v) is 10.9. The Morgan fingerprint density at radius 2 is 1.75 bits per heavy atom. The second-order valence-electron chi connectivity index (χ2n) is 6.25. The van der Waals surface area contributed by atoms with Gasteiger partial charge in [-0.15, -0.1) is 0 Å². The Labute approximate surface area is 100.0 Å². The third-order valence-corrected chi connectivity index (χ3v) is 4.89. The van der Waals surface area contributed by atoms with E-state index in [0.29, 0.717) is 11.7 Å². The molecular formula is C15H26O. The Kier molecular flexibility index (Phi) is 4.05. The van der Waals surface area contributed by atoms with E-state index in [-0.39, 0.29) is 0 Å². The molecule has 2 fully saturated rings. The van der Waals surface area contributed by atoms with E-state index in [9.17, 15) is 4.79 Å². The Balaban J connectivity index is 1.97. The second kappa shape index (κ2) is 5.33. The predicted octanol–water partition coefficient (Wildman–Crippen LogP) is 4.21. The van der Waals surface area contributed by atoms with Gasteiger partial charge in [0.25, 0.3) is 0 Å². The molecule has 2 aliphatic rings. The Hall–Kier alpha value is -0.330. The van der Waals surface area contributed by atoms with Crippen LogP contribution >= 0.6 is 0 Å². The lowest BCUT2D eigenvalue weighted by Gasteiger charge is -2.36. The molecule has 2 unspecified atom stereocenters. The van der Waals surface area contributed by atoms with Crippen LogP contribution in [0.1, 0.15) is 65.2 Å². The lowest BCUT2D eigenvalue weighted by Crippen LogP contribution is -2.33. The van der Waals surface area contributed by atoms with Gasteiger partial charge < -0.3 is 0 Å². The first-order chi connectivity index (χ1) is 7.68. The summed E-state index contributed by atoms with van der Waals surface area (Å²) in [6.45, 7) is 4.64. The van der Waals surface area contributed by atoms with Crippen LogP contribution in [0.15, 0.2) is 0 Å². The molecule has 0 spiro atoms. The maximum absolute atomic E-state index is 12.1. The van der Waals surface area contributed by atoms with E-state index < -0.39 is 0 Å². The van der Waals surface area contributed by atoms with Crippen molar-refractivity contribution < 1.29 is 4.79 Å². The molecule has 0 bridgehead atoms. The van der Waals surface area contributed by atoms with Crippen LogP contribution in [0.2, 0.25) is 0 Å². The fraction of sp³-hybridized carbons (Fsp3) is 0.933. The van der Waals surface area contributed by atoms with Crippen LogP contribution in [0.5, 0.6) is 0 Å². The summed E-state index contributed by atoms with van der Waals surface area (Å²) in [6, 6.07) is 0. The Morgan fingerprint density at radius 1 is 1.06 bits per heavy atom. The van der Waals surface area contributed by atoms with Gasteiger partial charge in [0, 0.05) is 12.3 Å². The summed E-state index contributed by atoms with van der Waals surface area (Å²) >= 11 is 0. The second-order valence-corrected chi connectivity index (χ2v) is 6.25. The number of ketones is 1. The van der Waals surface area contributed by atoms with Gasteiger partial charge in [0.1, 0.15) is 5.78 Å². The van der Waals surface area contributed by atoms with Gasteiger partial charge in [-0.2, -0.15) is 0 Å². The molecule has 1 nitrogen and oxygen atoms in total. The van der Waals surface area contributed by atoms with Crippen LogP contribution in [-0.4, -0.2) is 5.78 Å². The number of carbonyl (C=O) groups excluding carboxylic acids is 1. The molecule has 0 aromatic heterocycles. The first kappa shape index (κ1) is 12.1. The molecule has 0 amide bonds. The van der Waals surface area contributed by atoms with Crippen molar-refractivity contribution in [1.29, 1.82) is 0 Å². The largest absolute Gasteiger partial charge is 0.299 e. The molecule has 0 aromatic carbocycles. The minimum absolute atomic E-state index is 0.432. The summed E-state index contributed by atoms with van der Waals surface area (Å²) < 4.78 is 0. The molecule has 2 atom stereocenters. The van der Waals surface area contributed by atoms with Crippen LogP contribution < -0.4 is 0 Å². The minimum atomic E-state index is 0.432. The number of Topliss-reactive ketones (excluding diaryl/α,β-unsaturated/α-hetero) is 1. The van der Waals surface area contributed by atoms with Crippen molar-refractivity contribution in [1.82, 2.24) is 0 Å². The first-order valence-corrected chi connectivity index (χ1v) is 7.21. The van der Waals surface area contributed by atoms with Crippen molar-refractivity contribution in [3.63, 3.8) is 0 Å². The van der Waals surface area contributed by atoms with E-state index in [0.717, 1.165) is 30.6 Å². The zero-order chi connectivity index (χ0) is 11.5. The fourth-order valence-electron chi connectivity index (χ4n) is 3.69. The summed E-state index contributed by atoms with van der Waals surface area (Å²) in [5.41, 5.74) is 0. The Morgan fingerprint density at radius 3 is 2.38 bits per heavy atom. The average Bonchev–Trinajstić information content (AvgIpc) is 2.30. The molecule has 0 saturated heterocycles. The molecule has 2 aliphatic carbocycles. The summed E-state index contributed by atoms with van der Waals surface area (Å²) in [6.07, 6.45) is 9.97. The third-order valence-electron chi connectivity index (χ3n) is 4.89. The topological polar surface area (TPSA) is 17.1 Å². The van der Waals surface area contributed by atoms with Crippen molar-refractivity contribution in [2.75, 3.05) is 0 Å². The lowest BCUT2D eigenvalue weighted by molar-refractivity contribution is -0.128. The molecule has 0 heterocycles. The van der Waals surface area contributed by atoms with Crippen LogP contribution in [0.25, 0.3) is 0 Å². The molecule has 16 heavy (non-hydrogen) atoms. The van der Waals surface area contributed by atoms with Gasteiger partial charge in [-0.3, -0.25) is 4.79 Å². The Bertz CT molecular complexity index is 238. The van der Waals surface area contributed by atoms with E-state index in [1.54, 1.807) is 0 Å². The van der Waals surface area contributed by atoms with Crippen molar-refractivity contribution in [2.45, 2.75) is 65.2 Å². The molecule has 0 radical (unpaired) electrons. The van der Waals surface area contributed by atoms with Crippen molar-refractivity contribution in [2.24, 2.45) is 23.7 Å². The maximum atomic E-state index is 12.1. The number of hydrogen-bond acceptors (Lipinski definition) is 1. The van der Waals surface area contributed by atoms with Crippen molar-refractivity contribution in [3.05, 3.63) is 0 Å². The van der Waals surface area contributed by atoms with Gasteiger partial charge in [-0.1, -0.05) is 33.1 Å². The average molecular weight is 222 g/mol. The van der Waals surface area contributed by atoms with Crippen LogP contribution in [0, 0.1) is 23.7 Å². The van der Waals surface area contributed by atoms with Crippen molar-refractivity contribution >= 4 is 5.78 Å². The smallest absolute Gasteiger partial charge is 0.136 e. The van der Waals surface area contributed by atoms with E-state index >= 15 is 0 Å². The van der Waals surface area contributed by atoms with Gasteiger partial charge in [0.15, 0.2) is 0 Å². The maximum Gasteiger partial charge on any atom is 0.136 e. The monoisotopic (exact) mass is 222 g/mol. The van der Waals surface area contributed by atoms with E-state index in [2.05, 4.69) is 13.8 Å². The van der Waals surface area contributed by atoms with E-state index in [1.165, 1.54) is 38.5 Å². The molecule has 2 saturated carbocycles. The van der Waals surface area contributed by atoms with Gasteiger partial charge >= 0.3 is 0 Å². The molecule has 0 aromatic rings. The molecule has 0 aliphatic heterocycles. The van der Waals surface area contributed by atoms with E-state index in [4.69, 9.17) is 0 Å². The molecule has 92 valence electrons. The molecule has 0 N–H and O–H groups in total. The predicted molar refractivity (Wildman–Crippen MR) is 67.3 cm³/mol. The molecule has 1 heteroatoms. The number of rotatable bonds is 2. The highest BCUT2D eigenvalue weighted by Gasteiger charge is 2.35. The molecular weight excluding hydrogens is 196 g/mol. The van der Waals surface area contributed by atoms with Gasteiger partial charge in [0.05, 0.1) is 0 Å². The van der Waals surface area contributed by atoms with Crippen LogP contribution in [-0.2, 0) is 4.79 Å². The highest BCUT2D eigenvalue weighted by Crippen LogP contribution is 2.40. The zero-order valence-electron chi connectivity index (χ0n) is 10.9. The summed E-state index contributed by atoms with van der Waals surface area (Å²) in [5, 5.41) is 0. The summed E-state index contributed by atoms with van der Waals surface area (Å²) in [5.74, 6) is 3.33. The SMILES string of the molecule is CC(C)C1CCC(=O)C(C2CCCCC2)C1. The number of hydrogen-bond donors (Lipinski definition) is 0. The van der Waals surface area contributed by atoms with Crippen molar-refractivity contribution in [3.8, 4) is 0 Å². The quantitative estimate of drug-likeness (QED) is 0.684. The third kappa shape index (κ3) is 2.67. The fourth-order valence-corrected chi connectivity index (χ4v) is 3.69. The standard InChI is InChI=1S/C15H26O/c1-11(2)13-8-9-15(16)14(10-13)12-6-4-3-5-7-12/h11-14H,3-10H2,1-2H3. The van der Waals surface area contributed by atoms with Gasteiger partial charge in [-0.05, 0) is 43.4 Å². The molecule has 2 rings (SSSR count). The first-order valence-electron chi connectivity index (χ1n) is 7.21. The minimum Gasteiger partial charge on any atom is -0.299 e. The summed E-state index contributed by atoms with van der Waals surface area (Å²) in [7, 11) is 0. The lowest BCUT2D eigenvalue weighted by atomic mass is 9.67. The highest BCUT2D eigenvalue weighted by molar-refractivity contribution is 5.82. The normalized spacial score (nSPS) is 33.3. The van der Waals surface area contributed by atoms with Gasteiger partial charge in [-0.25, -0.2) is 0 Å². The van der Waals surface area contributed by atoms with Crippen LogP contribution in [0.3, 0.4) is 0 Å². The summed E-state index contributed by atoms with van der Waals surface area (Å²) in [4.78, 5) is 12.1. The van der Waals surface area contributed by atoms with Gasteiger partial charge in [0.2, 0.25) is 0 Å².